The molecule has 0 aliphatic heterocycles. The molecule has 8 nitrogen and oxygen atoms in total. The summed E-state index contributed by atoms with van der Waals surface area (Å²) in [7, 11) is -2.23. The van der Waals surface area contributed by atoms with Crippen molar-refractivity contribution >= 4 is 43.5 Å². The van der Waals surface area contributed by atoms with Crippen LogP contribution in [0.1, 0.15) is 39.7 Å². The summed E-state index contributed by atoms with van der Waals surface area (Å²) in [5.74, 6) is -0.173. The normalized spacial score (nSPS) is 12.5. The van der Waals surface area contributed by atoms with Crippen LogP contribution < -0.4 is 14.4 Å². The topological polar surface area (TPSA) is 96.0 Å². The molecule has 0 saturated heterocycles. The van der Waals surface area contributed by atoms with Gasteiger partial charge in [-0.3, -0.25) is 13.9 Å². The molecule has 1 atom stereocenters. The van der Waals surface area contributed by atoms with Crippen LogP contribution in [0.4, 0.5) is 5.69 Å². The highest BCUT2D eigenvalue weighted by molar-refractivity contribution is 9.10. The van der Waals surface area contributed by atoms with Crippen LogP contribution in [0.15, 0.2) is 53.0 Å². The molecule has 0 saturated carbocycles. The van der Waals surface area contributed by atoms with E-state index in [0.29, 0.717) is 22.3 Å². The Morgan fingerprint density at radius 3 is 2.31 bits per heavy atom. The molecule has 0 fully saturated rings. The molecule has 192 valence electrons. The fourth-order valence-electron chi connectivity index (χ4n) is 3.58. The van der Waals surface area contributed by atoms with Crippen molar-refractivity contribution in [3.8, 4) is 5.75 Å². The van der Waals surface area contributed by atoms with Crippen molar-refractivity contribution in [1.29, 1.82) is 0 Å². The number of hydrogen-bond donors (Lipinski definition) is 1. The quantitative estimate of drug-likeness (QED) is 0.469. The molecule has 0 unspecified atom stereocenters. The van der Waals surface area contributed by atoms with E-state index in [2.05, 4.69) is 21.2 Å². The van der Waals surface area contributed by atoms with E-state index in [1.54, 1.807) is 49.6 Å². The first-order valence-electron chi connectivity index (χ1n) is 11.2. The Kier molecular flexibility index (Phi) is 9.74. The third-order valence-electron chi connectivity index (χ3n) is 5.15. The molecule has 0 aliphatic carbocycles. The summed E-state index contributed by atoms with van der Waals surface area (Å²) < 4.78 is 32.3. The third-order valence-corrected chi connectivity index (χ3v) is 6.78. The number of anilines is 1. The molecule has 2 rings (SSSR count). The first-order chi connectivity index (χ1) is 16.2. The standard InChI is InChI=1S/C25H34BrN3O5S/c1-7-22(24(31)27-25(2,3)4)28(16-18-10-8-13-21(14-18)34-5)23(30)17-29(35(6,32)33)20-12-9-11-19(26)15-20/h8-15,22H,7,16-17H2,1-6H3,(H,27,31)/t22-/m0/s1. The predicted octanol–water partition coefficient (Wildman–Crippen LogP) is 3.95. The van der Waals surface area contributed by atoms with Crippen molar-refractivity contribution in [3.63, 3.8) is 0 Å². The summed E-state index contributed by atoms with van der Waals surface area (Å²) in [5, 5.41) is 2.94. The van der Waals surface area contributed by atoms with Gasteiger partial charge in [0.2, 0.25) is 21.8 Å². The van der Waals surface area contributed by atoms with E-state index >= 15 is 0 Å². The highest BCUT2D eigenvalue weighted by Crippen LogP contribution is 2.24. The Morgan fingerprint density at radius 1 is 1.11 bits per heavy atom. The summed E-state index contributed by atoms with van der Waals surface area (Å²) in [6.45, 7) is 7.08. The fraction of sp³-hybridized carbons (Fsp3) is 0.440. The molecule has 1 N–H and O–H groups in total. The second-order valence-electron chi connectivity index (χ2n) is 9.29. The number of halogens is 1. The van der Waals surface area contributed by atoms with E-state index in [1.165, 1.54) is 4.90 Å². The van der Waals surface area contributed by atoms with Gasteiger partial charge >= 0.3 is 0 Å². The molecule has 0 radical (unpaired) electrons. The van der Waals surface area contributed by atoms with Gasteiger partial charge in [0, 0.05) is 16.6 Å². The van der Waals surface area contributed by atoms with Gasteiger partial charge in [0.15, 0.2) is 0 Å². The molecule has 0 aliphatic rings. The number of methoxy groups -OCH3 is 1. The van der Waals surface area contributed by atoms with Crippen LogP contribution in [0, 0.1) is 0 Å². The molecule has 0 spiro atoms. The number of rotatable bonds is 10. The largest absolute Gasteiger partial charge is 0.497 e. The van der Waals surface area contributed by atoms with Crippen LogP contribution >= 0.6 is 15.9 Å². The Labute approximate surface area is 216 Å². The van der Waals surface area contributed by atoms with Crippen molar-refractivity contribution in [2.75, 3.05) is 24.2 Å². The number of hydrogen-bond acceptors (Lipinski definition) is 5. The summed E-state index contributed by atoms with van der Waals surface area (Å²) >= 11 is 3.35. The van der Waals surface area contributed by atoms with Crippen LogP contribution in [-0.4, -0.2) is 56.6 Å². The van der Waals surface area contributed by atoms with Crippen molar-refractivity contribution in [3.05, 3.63) is 58.6 Å². The number of carbonyl (C=O) groups is 2. The first kappa shape index (κ1) is 28.6. The van der Waals surface area contributed by atoms with Crippen LogP contribution in [-0.2, 0) is 26.2 Å². The fourth-order valence-corrected chi connectivity index (χ4v) is 4.81. The van der Waals surface area contributed by atoms with E-state index in [-0.39, 0.29) is 12.5 Å². The van der Waals surface area contributed by atoms with Crippen molar-refractivity contribution in [2.45, 2.75) is 52.2 Å². The van der Waals surface area contributed by atoms with Gasteiger partial charge in [-0.05, 0) is 63.1 Å². The minimum atomic E-state index is -3.78. The zero-order valence-corrected chi connectivity index (χ0v) is 23.4. The maximum absolute atomic E-state index is 13.7. The van der Waals surface area contributed by atoms with Gasteiger partial charge in [-0.2, -0.15) is 0 Å². The maximum atomic E-state index is 13.7. The number of amides is 2. The number of nitrogens with zero attached hydrogens (tertiary/aromatic N) is 2. The van der Waals surface area contributed by atoms with E-state index in [1.807, 2.05) is 33.8 Å². The van der Waals surface area contributed by atoms with Crippen LogP contribution in [0.2, 0.25) is 0 Å². The summed E-state index contributed by atoms with van der Waals surface area (Å²) in [6, 6.07) is 13.1. The van der Waals surface area contributed by atoms with Gasteiger partial charge < -0.3 is 15.0 Å². The Bertz CT molecular complexity index is 1150. The summed E-state index contributed by atoms with van der Waals surface area (Å²) in [6.07, 6.45) is 1.41. The molecule has 10 heteroatoms. The van der Waals surface area contributed by atoms with Gasteiger partial charge in [0.25, 0.3) is 0 Å². The van der Waals surface area contributed by atoms with Gasteiger partial charge in [-0.15, -0.1) is 0 Å². The third kappa shape index (κ3) is 8.54. The highest BCUT2D eigenvalue weighted by atomic mass is 79.9. The molecule has 35 heavy (non-hydrogen) atoms. The molecular formula is C25H34BrN3O5S. The van der Waals surface area contributed by atoms with Crippen LogP contribution in [0.25, 0.3) is 0 Å². The number of carbonyl (C=O) groups excluding carboxylic acids is 2. The second kappa shape index (κ2) is 11.9. The Balaban J connectivity index is 2.48. The minimum Gasteiger partial charge on any atom is -0.497 e. The maximum Gasteiger partial charge on any atom is 0.244 e. The summed E-state index contributed by atoms with van der Waals surface area (Å²) in [5.41, 5.74) is 0.612. The Morgan fingerprint density at radius 2 is 1.77 bits per heavy atom. The summed E-state index contributed by atoms with van der Waals surface area (Å²) in [4.78, 5) is 28.3. The van der Waals surface area contributed by atoms with Gasteiger partial charge in [-0.1, -0.05) is 41.1 Å². The lowest BCUT2D eigenvalue weighted by molar-refractivity contribution is -0.141. The molecule has 2 aromatic carbocycles. The zero-order valence-electron chi connectivity index (χ0n) is 21.0. The van der Waals surface area contributed by atoms with E-state index < -0.39 is 34.1 Å². The molecule has 0 heterocycles. The van der Waals surface area contributed by atoms with Crippen molar-refractivity contribution < 1.29 is 22.7 Å². The predicted molar refractivity (Wildman–Crippen MR) is 142 cm³/mol. The number of ether oxygens (including phenoxy) is 1. The average Bonchev–Trinajstić information content (AvgIpc) is 2.75. The molecule has 0 aromatic heterocycles. The zero-order chi connectivity index (χ0) is 26.4. The van der Waals surface area contributed by atoms with Crippen molar-refractivity contribution in [1.82, 2.24) is 10.2 Å². The molecule has 2 aromatic rings. The SMILES string of the molecule is CC[C@@H](C(=O)NC(C)(C)C)N(Cc1cccc(OC)c1)C(=O)CN(c1cccc(Br)c1)S(C)(=O)=O. The Hall–Kier alpha value is -2.59. The van der Waals surface area contributed by atoms with Crippen LogP contribution in [0.5, 0.6) is 5.75 Å². The smallest absolute Gasteiger partial charge is 0.244 e. The van der Waals surface area contributed by atoms with E-state index in [0.717, 1.165) is 16.1 Å². The van der Waals surface area contributed by atoms with E-state index in [9.17, 15) is 18.0 Å². The van der Waals surface area contributed by atoms with Crippen LogP contribution in [0.3, 0.4) is 0 Å². The van der Waals surface area contributed by atoms with Gasteiger partial charge in [0.1, 0.15) is 18.3 Å². The lowest BCUT2D eigenvalue weighted by atomic mass is 10.1. The second-order valence-corrected chi connectivity index (χ2v) is 12.1. The average molecular weight is 569 g/mol. The lowest BCUT2D eigenvalue weighted by Crippen LogP contribution is -2.55. The monoisotopic (exact) mass is 567 g/mol. The number of nitrogens with one attached hydrogen (secondary N) is 1. The highest BCUT2D eigenvalue weighted by Gasteiger charge is 2.33. The van der Waals surface area contributed by atoms with E-state index in [4.69, 9.17) is 4.74 Å². The minimum absolute atomic E-state index is 0.113. The van der Waals surface area contributed by atoms with Gasteiger partial charge in [-0.25, -0.2) is 8.42 Å². The molecular weight excluding hydrogens is 534 g/mol. The lowest BCUT2D eigenvalue weighted by Gasteiger charge is -2.34. The van der Waals surface area contributed by atoms with Crippen molar-refractivity contribution in [2.24, 2.45) is 0 Å². The first-order valence-corrected chi connectivity index (χ1v) is 13.9. The molecule has 0 bridgehead atoms. The number of benzene rings is 2. The van der Waals surface area contributed by atoms with Gasteiger partial charge in [0.05, 0.1) is 19.1 Å². The number of sulfonamides is 1. The molecule has 2 amide bonds.